The van der Waals surface area contributed by atoms with Crippen LogP contribution in [0.3, 0.4) is 0 Å². The maximum absolute atomic E-state index is 13.9. The Balaban J connectivity index is 2.06. The third-order valence-corrected chi connectivity index (χ3v) is 7.17. The zero-order chi connectivity index (χ0) is 25.2. The van der Waals surface area contributed by atoms with Gasteiger partial charge in [-0.3, -0.25) is 14.4 Å². The zero-order valence-corrected chi connectivity index (χ0v) is 21.2. The second kappa shape index (κ2) is 10.9. The van der Waals surface area contributed by atoms with Crippen molar-refractivity contribution in [2.24, 2.45) is 29.6 Å². The number of carbonyl (C=O) groups is 3. The maximum atomic E-state index is 13.9. The highest BCUT2D eigenvalue weighted by molar-refractivity contribution is 6.34. The van der Waals surface area contributed by atoms with Gasteiger partial charge in [-0.2, -0.15) is 0 Å². The summed E-state index contributed by atoms with van der Waals surface area (Å²) in [6, 6.07) is 3.90. The fourth-order valence-electron chi connectivity index (χ4n) is 5.34. The molecule has 0 aromatic heterocycles. The minimum atomic E-state index is -0.884. The van der Waals surface area contributed by atoms with Gasteiger partial charge in [0.15, 0.2) is 0 Å². The van der Waals surface area contributed by atoms with Crippen LogP contribution in [0.2, 0.25) is 5.02 Å². The number of aliphatic hydroxyl groups excluding tert-OH is 1. The van der Waals surface area contributed by atoms with Crippen LogP contribution in [0.1, 0.15) is 39.7 Å². The smallest absolute Gasteiger partial charge is 0.310 e. The fraction of sp³-hybridized carbons (Fsp3) is 0.577. The van der Waals surface area contributed by atoms with Gasteiger partial charge in [0.05, 0.1) is 41.8 Å². The van der Waals surface area contributed by atoms with Crippen molar-refractivity contribution in [3.8, 4) is 0 Å². The molecule has 1 fully saturated rings. The first-order valence-electron chi connectivity index (χ1n) is 12.0. The number of hydrogen-bond acceptors (Lipinski definition) is 5. The summed E-state index contributed by atoms with van der Waals surface area (Å²) in [7, 11) is 0. The van der Waals surface area contributed by atoms with Crippen LogP contribution >= 0.6 is 11.6 Å². The first kappa shape index (κ1) is 26.2. The first-order chi connectivity index (χ1) is 16.1. The molecule has 0 radical (unpaired) electrons. The number of nitrogens with one attached hydrogen (secondary N) is 1. The minimum absolute atomic E-state index is 0.192. The minimum Gasteiger partial charge on any atom is -0.466 e. The van der Waals surface area contributed by atoms with Crippen LogP contribution in [0.15, 0.2) is 30.4 Å². The molecule has 34 heavy (non-hydrogen) atoms. The number of carbonyl (C=O) groups excluding carboxylic acids is 3. The van der Waals surface area contributed by atoms with Crippen LogP contribution in [0.25, 0.3) is 0 Å². The quantitative estimate of drug-likeness (QED) is 0.426. The number of nitrogens with zero attached hydrogens (tertiary/aromatic N) is 1. The molecule has 2 N–H and O–H groups in total. The van der Waals surface area contributed by atoms with Crippen LogP contribution in [-0.4, -0.2) is 53.1 Å². The molecule has 0 bridgehead atoms. The highest BCUT2D eigenvalue weighted by atomic mass is 35.5. The van der Waals surface area contributed by atoms with E-state index in [1.807, 2.05) is 45.9 Å². The molecule has 1 aromatic carbocycles. The predicted molar refractivity (Wildman–Crippen MR) is 131 cm³/mol. The highest BCUT2D eigenvalue weighted by Crippen LogP contribution is 2.46. The van der Waals surface area contributed by atoms with Crippen molar-refractivity contribution in [1.82, 2.24) is 4.90 Å². The van der Waals surface area contributed by atoms with Crippen LogP contribution in [0.4, 0.5) is 5.69 Å². The summed E-state index contributed by atoms with van der Waals surface area (Å²) in [6.45, 7) is 9.39. The van der Waals surface area contributed by atoms with Crippen LogP contribution in [0.5, 0.6) is 0 Å². The van der Waals surface area contributed by atoms with Crippen molar-refractivity contribution in [1.29, 1.82) is 0 Å². The summed E-state index contributed by atoms with van der Waals surface area (Å²) in [4.78, 5) is 42.0. The lowest BCUT2D eigenvalue weighted by Crippen LogP contribution is -2.51. The number of fused-ring (bicyclic) bond motifs is 1. The number of aliphatic hydroxyl groups is 1. The second-order valence-corrected chi connectivity index (χ2v) is 10.1. The monoisotopic (exact) mass is 490 g/mol. The Kier molecular flexibility index (Phi) is 8.42. The van der Waals surface area contributed by atoms with Gasteiger partial charge in [0.2, 0.25) is 11.8 Å². The molecule has 1 saturated heterocycles. The van der Waals surface area contributed by atoms with Crippen molar-refractivity contribution in [2.75, 3.05) is 18.5 Å². The molecule has 6 atom stereocenters. The van der Waals surface area contributed by atoms with Crippen LogP contribution in [0, 0.1) is 36.5 Å². The van der Waals surface area contributed by atoms with Crippen molar-refractivity contribution >= 4 is 35.1 Å². The van der Waals surface area contributed by atoms with E-state index in [2.05, 4.69) is 5.32 Å². The molecule has 1 aliphatic heterocycles. The van der Waals surface area contributed by atoms with Gasteiger partial charge >= 0.3 is 5.97 Å². The number of ether oxygens (including phenoxy) is 1. The number of halogens is 1. The van der Waals surface area contributed by atoms with E-state index in [0.717, 1.165) is 5.56 Å². The van der Waals surface area contributed by atoms with Crippen molar-refractivity contribution < 1.29 is 24.2 Å². The number of rotatable bonds is 8. The molecule has 1 aliphatic carbocycles. The molecule has 0 saturated carbocycles. The number of amides is 2. The fourth-order valence-corrected chi connectivity index (χ4v) is 5.61. The van der Waals surface area contributed by atoms with Crippen LogP contribution < -0.4 is 5.32 Å². The number of hydrogen-bond donors (Lipinski definition) is 2. The standard InChI is InChI=1S/C26H35ClN2O5/c1-6-34-26(33)20-15(4)10-11-18-21(20)25(32)29(17(13-30)12-14(2)3)23(18)24(31)28-22-16(5)8-7-9-19(22)27/h7-11,14-15,17-18,20-21,23,30H,6,12-13H2,1-5H3,(H,28,31)/t15-,17-,18+,20-,21-,23+/m1/s1. The topological polar surface area (TPSA) is 95.9 Å². The SMILES string of the molecule is CCOC(=O)[C@H]1[C@@H]2C(=O)N([C@@H](CO)CC(C)C)[C@H](C(=O)Nc3c(C)cccc3Cl)[C@H]2C=C[C@H]1C. The predicted octanol–water partition coefficient (Wildman–Crippen LogP) is 3.82. The molecule has 3 rings (SSSR count). The second-order valence-electron chi connectivity index (χ2n) is 9.70. The molecule has 1 heterocycles. The molecule has 7 nitrogen and oxygen atoms in total. The Morgan fingerprint density at radius 3 is 2.56 bits per heavy atom. The lowest BCUT2D eigenvalue weighted by atomic mass is 9.70. The van der Waals surface area contributed by atoms with E-state index in [1.54, 1.807) is 19.1 Å². The van der Waals surface area contributed by atoms with E-state index in [0.29, 0.717) is 17.1 Å². The molecule has 2 amide bonds. The van der Waals surface area contributed by atoms with Gasteiger partial charge < -0.3 is 20.1 Å². The van der Waals surface area contributed by atoms with E-state index in [1.165, 1.54) is 4.90 Å². The number of aryl methyl sites for hydroxylation is 1. The molecule has 1 aromatic rings. The Bertz CT molecular complexity index is 942. The Morgan fingerprint density at radius 2 is 1.97 bits per heavy atom. The number of benzene rings is 1. The summed E-state index contributed by atoms with van der Waals surface area (Å²) >= 11 is 6.35. The van der Waals surface area contributed by atoms with E-state index in [9.17, 15) is 19.5 Å². The molecule has 0 unspecified atom stereocenters. The van der Waals surface area contributed by atoms with Crippen molar-refractivity contribution in [3.63, 3.8) is 0 Å². The number of para-hydroxylation sites is 1. The van der Waals surface area contributed by atoms with Gasteiger partial charge in [-0.05, 0) is 43.7 Å². The molecule has 186 valence electrons. The van der Waals surface area contributed by atoms with Gasteiger partial charge in [0.1, 0.15) is 6.04 Å². The van der Waals surface area contributed by atoms with E-state index < -0.39 is 35.8 Å². The summed E-state index contributed by atoms with van der Waals surface area (Å²) in [5.74, 6) is -3.09. The lowest BCUT2D eigenvalue weighted by molar-refractivity contribution is -0.156. The summed E-state index contributed by atoms with van der Waals surface area (Å²) in [6.07, 6.45) is 4.29. The molecule has 8 heteroatoms. The van der Waals surface area contributed by atoms with E-state index in [-0.39, 0.29) is 36.9 Å². The maximum Gasteiger partial charge on any atom is 0.310 e. The van der Waals surface area contributed by atoms with Gasteiger partial charge in [0, 0.05) is 5.92 Å². The first-order valence-corrected chi connectivity index (χ1v) is 12.3. The highest BCUT2D eigenvalue weighted by Gasteiger charge is 2.58. The number of esters is 1. The van der Waals surface area contributed by atoms with Gasteiger partial charge in [-0.1, -0.05) is 56.7 Å². The molecular formula is C26H35ClN2O5. The Hall–Kier alpha value is -2.38. The van der Waals surface area contributed by atoms with E-state index >= 15 is 0 Å². The third-order valence-electron chi connectivity index (χ3n) is 6.85. The summed E-state index contributed by atoms with van der Waals surface area (Å²) < 4.78 is 5.31. The lowest BCUT2D eigenvalue weighted by Gasteiger charge is -2.34. The van der Waals surface area contributed by atoms with Crippen molar-refractivity contribution in [3.05, 3.63) is 40.9 Å². The number of anilines is 1. The largest absolute Gasteiger partial charge is 0.466 e. The summed E-state index contributed by atoms with van der Waals surface area (Å²) in [5, 5.41) is 13.5. The zero-order valence-electron chi connectivity index (χ0n) is 20.5. The van der Waals surface area contributed by atoms with Gasteiger partial charge in [0.25, 0.3) is 0 Å². The molecule has 2 aliphatic rings. The van der Waals surface area contributed by atoms with E-state index in [4.69, 9.17) is 16.3 Å². The van der Waals surface area contributed by atoms with Gasteiger partial charge in [-0.25, -0.2) is 0 Å². The number of likely N-dealkylation sites (tertiary alicyclic amines) is 1. The Labute approximate surface area is 206 Å². The average Bonchev–Trinajstić information content (AvgIpc) is 3.07. The number of allylic oxidation sites excluding steroid dienone is 1. The van der Waals surface area contributed by atoms with Gasteiger partial charge in [-0.15, -0.1) is 0 Å². The Morgan fingerprint density at radius 1 is 1.26 bits per heavy atom. The normalized spacial score (nSPS) is 27.0. The third kappa shape index (κ3) is 5.01. The average molecular weight is 491 g/mol. The van der Waals surface area contributed by atoms with Crippen LogP contribution in [-0.2, 0) is 19.1 Å². The van der Waals surface area contributed by atoms with Crippen molar-refractivity contribution in [2.45, 2.75) is 53.1 Å². The summed E-state index contributed by atoms with van der Waals surface area (Å²) in [5.41, 5.74) is 1.29. The molecular weight excluding hydrogens is 456 g/mol. The molecule has 0 spiro atoms.